The van der Waals surface area contributed by atoms with E-state index >= 15 is 0 Å². The summed E-state index contributed by atoms with van der Waals surface area (Å²) in [6.07, 6.45) is 3.69. The van der Waals surface area contributed by atoms with Gasteiger partial charge in [-0.1, -0.05) is 24.3 Å². The highest BCUT2D eigenvalue weighted by molar-refractivity contribution is 14.0. The molecule has 3 rings (SSSR count). The first-order valence-electron chi connectivity index (χ1n) is 10.00. The van der Waals surface area contributed by atoms with E-state index in [0.29, 0.717) is 24.9 Å². The van der Waals surface area contributed by atoms with E-state index in [-0.39, 0.29) is 41.6 Å². The fourth-order valence-electron chi connectivity index (χ4n) is 3.41. The topological polar surface area (TPSA) is 86.7 Å². The summed E-state index contributed by atoms with van der Waals surface area (Å²) < 4.78 is 36.8. The van der Waals surface area contributed by atoms with Crippen LogP contribution in [-0.2, 0) is 22.1 Å². The summed E-state index contributed by atoms with van der Waals surface area (Å²) in [4.78, 5) is 10.7. The summed E-state index contributed by atoms with van der Waals surface area (Å²) in [5.41, 5.74) is 1.76. The summed E-state index contributed by atoms with van der Waals surface area (Å²) in [6.45, 7) is 4.58. The molecule has 1 aliphatic heterocycles. The Labute approximate surface area is 200 Å². The number of hydrogen-bond acceptors (Lipinski definition) is 5. The smallest absolute Gasteiger partial charge is 0.191 e. The van der Waals surface area contributed by atoms with Crippen LogP contribution in [0.5, 0.6) is 0 Å². The van der Waals surface area contributed by atoms with E-state index in [9.17, 15) is 12.8 Å². The summed E-state index contributed by atoms with van der Waals surface area (Å²) in [6, 6.07) is 10.6. The number of sulfone groups is 1. The van der Waals surface area contributed by atoms with E-state index in [1.807, 2.05) is 36.1 Å². The molecule has 1 aromatic heterocycles. The number of anilines is 1. The molecule has 1 unspecified atom stereocenters. The molecule has 31 heavy (non-hydrogen) atoms. The third-order valence-electron chi connectivity index (χ3n) is 4.78. The third-order valence-corrected chi connectivity index (χ3v) is 5.64. The average molecular weight is 561 g/mol. The molecule has 0 bridgehead atoms. The highest BCUT2D eigenvalue weighted by Gasteiger charge is 2.25. The molecule has 1 aromatic carbocycles. The number of halogens is 2. The van der Waals surface area contributed by atoms with E-state index in [0.717, 1.165) is 30.6 Å². The summed E-state index contributed by atoms with van der Waals surface area (Å²) in [5.74, 6) is 0.817. The van der Waals surface area contributed by atoms with Crippen LogP contribution in [0.15, 0.2) is 47.6 Å². The molecule has 0 saturated carbocycles. The summed E-state index contributed by atoms with van der Waals surface area (Å²) >= 11 is 0. The predicted molar refractivity (Wildman–Crippen MR) is 133 cm³/mol. The minimum Gasteiger partial charge on any atom is -0.357 e. The minimum absolute atomic E-state index is 0. The van der Waals surface area contributed by atoms with E-state index in [1.165, 1.54) is 12.3 Å². The zero-order valence-corrected chi connectivity index (χ0v) is 20.9. The molecule has 1 aliphatic rings. The first-order valence-corrected chi connectivity index (χ1v) is 12.1. The molecule has 0 amide bonds. The van der Waals surface area contributed by atoms with Gasteiger partial charge in [-0.3, -0.25) is 0 Å². The van der Waals surface area contributed by atoms with Gasteiger partial charge in [-0.05, 0) is 36.6 Å². The zero-order chi connectivity index (χ0) is 21.6. The van der Waals surface area contributed by atoms with Gasteiger partial charge in [-0.15, -0.1) is 24.0 Å². The van der Waals surface area contributed by atoms with Gasteiger partial charge in [-0.25, -0.2) is 22.8 Å². The van der Waals surface area contributed by atoms with Crippen molar-refractivity contribution in [1.82, 2.24) is 15.6 Å². The molecule has 170 valence electrons. The lowest BCUT2D eigenvalue weighted by Gasteiger charge is -2.20. The van der Waals surface area contributed by atoms with E-state index < -0.39 is 9.84 Å². The van der Waals surface area contributed by atoms with Crippen LogP contribution in [0.4, 0.5) is 10.2 Å². The lowest BCUT2D eigenvalue weighted by molar-refractivity contribution is 0.601. The van der Waals surface area contributed by atoms with Crippen molar-refractivity contribution in [1.29, 1.82) is 0 Å². The molecule has 2 N–H and O–H groups in total. The van der Waals surface area contributed by atoms with Crippen molar-refractivity contribution in [2.75, 3.05) is 30.8 Å². The van der Waals surface area contributed by atoms with Gasteiger partial charge in [0.15, 0.2) is 27.4 Å². The van der Waals surface area contributed by atoms with Crippen LogP contribution < -0.4 is 15.5 Å². The summed E-state index contributed by atoms with van der Waals surface area (Å²) in [5, 5.41) is 6.66. The predicted octanol–water partition coefficient (Wildman–Crippen LogP) is 2.72. The van der Waals surface area contributed by atoms with Crippen LogP contribution in [-0.4, -0.2) is 51.3 Å². The molecule has 1 saturated heterocycles. The second-order valence-electron chi connectivity index (χ2n) is 7.47. The number of nitrogens with zero attached hydrogens (tertiary/aromatic N) is 3. The Morgan fingerprint density at radius 1 is 1.26 bits per heavy atom. The monoisotopic (exact) mass is 561 g/mol. The highest BCUT2D eigenvalue weighted by Crippen LogP contribution is 2.20. The summed E-state index contributed by atoms with van der Waals surface area (Å²) in [7, 11) is -3.04. The van der Waals surface area contributed by atoms with E-state index in [2.05, 4.69) is 20.6 Å². The van der Waals surface area contributed by atoms with Gasteiger partial charge >= 0.3 is 0 Å². The zero-order valence-electron chi connectivity index (χ0n) is 17.7. The fourth-order valence-corrected chi connectivity index (χ4v) is 4.21. The van der Waals surface area contributed by atoms with Crippen molar-refractivity contribution in [2.45, 2.75) is 31.7 Å². The van der Waals surface area contributed by atoms with Crippen molar-refractivity contribution in [2.24, 2.45) is 4.99 Å². The second-order valence-corrected chi connectivity index (χ2v) is 9.61. The molecular weight excluding hydrogens is 532 g/mol. The first kappa shape index (κ1) is 25.3. The van der Waals surface area contributed by atoms with Crippen molar-refractivity contribution >= 4 is 45.6 Å². The molecule has 2 heterocycles. The van der Waals surface area contributed by atoms with Crippen molar-refractivity contribution in [3.63, 3.8) is 0 Å². The Morgan fingerprint density at radius 3 is 2.61 bits per heavy atom. The molecule has 1 atom stereocenters. The SMILES string of the molecule is CCNC(=NCc1ccc(CS(C)(=O)=O)cc1)NC1CCN(c2ncccc2F)C1.I. The number of aromatic nitrogens is 1. The molecule has 1 fully saturated rings. The van der Waals surface area contributed by atoms with Gasteiger partial charge < -0.3 is 15.5 Å². The number of pyridine rings is 1. The Kier molecular flexibility index (Phi) is 9.48. The molecule has 0 spiro atoms. The Morgan fingerprint density at radius 2 is 1.97 bits per heavy atom. The number of hydrogen-bond donors (Lipinski definition) is 2. The largest absolute Gasteiger partial charge is 0.357 e. The number of aliphatic imine (C=N–C) groups is 1. The molecule has 7 nitrogen and oxygen atoms in total. The maximum absolute atomic E-state index is 14.0. The van der Waals surface area contributed by atoms with Gasteiger partial charge in [-0.2, -0.15) is 0 Å². The van der Waals surface area contributed by atoms with Crippen LogP contribution in [0.25, 0.3) is 0 Å². The number of rotatable bonds is 7. The molecular formula is C21H29FIN5O2S. The van der Waals surface area contributed by atoms with Crippen molar-refractivity contribution in [3.8, 4) is 0 Å². The number of guanidine groups is 1. The standard InChI is InChI=1S/C21H28FN5O2S.HI/c1-3-23-21(25-13-16-6-8-17(9-7-16)15-30(2,28)29)26-18-10-12-27(14-18)20-19(22)5-4-11-24-20;/h4-9,11,18H,3,10,12-15H2,1-2H3,(H2,23,25,26);1H. The van der Waals surface area contributed by atoms with Crippen LogP contribution in [0.1, 0.15) is 24.5 Å². The van der Waals surface area contributed by atoms with E-state index in [4.69, 9.17) is 0 Å². The lowest BCUT2D eigenvalue weighted by atomic mass is 10.1. The fraction of sp³-hybridized carbons (Fsp3) is 0.429. The van der Waals surface area contributed by atoms with Crippen LogP contribution in [0.3, 0.4) is 0 Å². The molecule has 10 heteroatoms. The maximum atomic E-state index is 14.0. The van der Waals surface area contributed by atoms with Gasteiger partial charge in [0.25, 0.3) is 0 Å². The maximum Gasteiger partial charge on any atom is 0.191 e. The Bertz CT molecular complexity index is 986. The van der Waals surface area contributed by atoms with Gasteiger partial charge in [0.05, 0.1) is 12.3 Å². The third kappa shape index (κ3) is 7.91. The molecule has 2 aromatic rings. The molecule has 0 aliphatic carbocycles. The van der Waals surface area contributed by atoms with Gasteiger partial charge in [0.2, 0.25) is 0 Å². The lowest BCUT2D eigenvalue weighted by Crippen LogP contribution is -2.44. The Balaban J connectivity index is 0.00000341. The number of nitrogens with one attached hydrogen (secondary N) is 2. The number of benzene rings is 1. The first-order chi connectivity index (χ1) is 14.3. The van der Waals surface area contributed by atoms with Crippen molar-refractivity contribution in [3.05, 3.63) is 59.5 Å². The Hall–Kier alpha value is -1.95. The average Bonchev–Trinajstić information content (AvgIpc) is 3.15. The van der Waals surface area contributed by atoms with Crippen LogP contribution in [0, 0.1) is 5.82 Å². The normalized spacial score (nSPS) is 16.7. The minimum atomic E-state index is -3.04. The van der Waals surface area contributed by atoms with Crippen molar-refractivity contribution < 1.29 is 12.8 Å². The van der Waals surface area contributed by atoms with Gasteiger partial charge in [0.1, 0.15) is 0 Å². The quantitative estimate of drug-likeness (QED) is 0.307. The molecule has 0 radical (unpaired) electrons. The van der Waals surface area contributed by atoms with Crippen LogP contribution >= 0.6 is 24.0 Å². The second kappa shape index (κ2) is 11.6. The van der Waals surface area contributed by atoms with Crippen LogP contribution in [0.2, 0.25) is 0 Å². The van der Waals surface area contributed by atoms with Gasteiger partial charge in [0, 0.05) is 38.1 Å². The van der Waals surface area contributed by atoms with E-state index in [1.54, 1.807) is 12.3 Å². The highest BCUT2D eigenvalue weighted by atomic mass is 127.